The molecule has 1 aliphatic rings. The van der Waals surface area contributed by atoms with Gasteiger partial charge in [0, 0.05) is 18.8 Å². The summed E-state index contributed by atoms with van der Waals surface area (Å²) >= 11 is 0. The number of nitrogens with one attached hydrogen (secondary N) is 3. The van der Waals surface area contributed by atoms with Crippen LogP contribution in [0.1, 0.15) is 21.5 Å². The summed E-state index contributed by atoms with van der Waals surface area (Å²) < 4.78 is 39.4. The summed E-state index contributed by atoms with van der Waals surface area (Å²) in [5.41, 5.74) is 2.69. The smallest absolute Gasteiger partial charge is 0.387 e. The van der Waals surface area contributed by atoms with Gasteiger partial charge in [-0.05, 0) is 53.9 Å². The minimum absolute atomic E-state index is 0.0202. The fourth-order valence-electron chi connectivity index (χ4n) is 3.59. The Kier molecular flexibility index (Phi) is 8.17. The summed E-state index contributed by atoms with van der Waals surface area (Å²) in [7, 11) is 0. The van der Waals surface area contributed by atoms with E-state index in [0.29, 0.717) is 42.3 Å². The maximum Gasteiger partial charge on any atom is 0.387 e. The summed E-state index contributed by atoms with van der Waals surface area (Å²) in [5.74, 6) is 0.877. The van der Waals surface area contributed by atoms with Gasteiger partial charge in [-0.2, -0.15) is 8.78 Å². The van der Waals surface area contributed by atoms with Crippen molar-refractivity contribution in [2.75, 3.05) is 25.2 Å². The molecule has 0 spiro atoms. The molecule has 0 aromatic heterocycles. The molecule has 0 unspecified atom stereocenters. The highest BCUT2D eigenvalue weighted by Crippen LogP contribution is 2.32. The summed E-state index contributed by atoms with van der Waals surface area (Å²) in [5, 5.41) is 8.67. The molecule has 0 radical (unpaired) electrons. The van der Waals surface area contributed by atoms with Crippen molar-refractivity contribution in [1.82, 2.24) is 10.6 Å². The van der Waals surface area contributed by atoms with Crippen LogP contribution < -0.4 is 30.2 Å². The van der Waals surface area contributed by atoms with Gasteiger partial charge in [-0.15, -0.1) is 0 Å². The molecule has 3 N–H and O–H groups in total. The first-order chi connectivity index (χ1) is 17.5. The van der Waals surface area contributed by atoms with Crippen LogP contribution in [0.15, 0.2) is 66.7 Å². The Balaban J connectivity index is 1.23. The van der Waals surface area contributed by atoms with Crippen molar-refractivity contribution in [1.29, 1.82) is 0 Å². The first kappa shape index (κ1) is 24.8. The molecule has 10 heteroatoms. The molecule has 2 amide bonds. The number of hydrogen-bond donors (Lipinski definition) is 3. The predicted octanol–water partition coefficient (Wildman–Crippen LogP) is 3.72. The molecule has 1 aliphatic heterocycles. The van der Waals surface area contributed by atoms with Crippen molar-refractivity contribution in [2.45, 2.75) is 19.6 Å². The molecule has 4 rings (SSSR count). The average Bonchev–Trinajstić information content (AvgIpc) is 3.35. The number of rotatable bonds is 11. The lowest BCUT2D eigenvalue weighted by molar-refractivity contribution is -0.119. The number of fused-ring (bicyclic) bond motifs is 1. The summed E-state index contributed by atoms with van der Waals surface area (Å²) in [4.78, 5) is 25.0. The molecule has 8 nitrogen and oxygen atoms in total. The highest BCUT2D eigenvalue weighted by Gasteiger charge is 2.15. The number of para-hydroxylation sites is 1. The number of anilines is 1. The maximum atomic E-state index is 12.8. The van der Waals surface area contributed by atoms with Crippen LogP contribution >= 0.6 is 0 Å². The van der Waals surface area contributed by atoms with Crippen LogP contribution in [0.4, 0.5) is 14.5 Å². The third-order valence-electron chi connectivity index (χ3n) is 5.39. The summed E-state index contributed by atoms with van der Waals surface area (Å²) in [6.07, 6.45) is 0.527. The normalized spacial score (nSPS) is 11.8. The van der Waals surface area contributed by atoms with Gasteiger partial charge < -0.3 is 30.2 Å². The number of ether oxygens (including phenoxy) is 3. The van der Waals surface area contributed by atoms with E-state index in [1.54, 1.807) is 42.5 Å². The van der Waals surface area contributed by atoms with E-state index in [0.717, 1.165) is 11.1 Å². The monoisotopic (exact) mass is 497 g/mol. The molecule has 0 saturated heterocycles. The van der Waals surface area contributed by atoms with Crippen molar-refractivity contribution in [3.63, 3.8) is 0 Å². The molecule has 1 heterocycles. The highest BCUT2D eigenvalue weighted by molar-refractivity contribution is 6.00. The predicted molar refractivity (Wildman–Crippen MR) is 128 cm³/mol. The Hall–Kier alpha value is -4.34. The molecule has 188 valence electrons. The lowest BCUT2D eigenvalue weighted by atomic mass is 10.1. The lowest BCUT2D eigenvalue weighted by Crippen LogP contribution is -2.32. The van der Waals surface area contributed by atoms with Crippen LogP contribution in [0.5, 0.6) is 17.2 Å². The van der Waals surface area contributed by atoms with Gasteiger partial charge in [-0.25, -0.2) is 0 Å². The van der Waals surface area contributed by atoms with E-state index in [4.69, 9.17) is 9.47 Å². The summed E-state index contributed by atoms with van der Waals surface area (Å²) in [6.45, 7) is -2.03. The van der Waals surface area contributed by atoms with Gasteiger partial charge >= 0.3 is 6.61 Å². The van der Waals surface area contributed by atoms with Crippen LogP contribution in [-0.2, 0) is 17.8 Å². The van der Waals surface area contributed by atoms with Gasteiger partial charge in [-0.1, -0.05) is 30.3 Å². The quantitative estimate of drug-likeness (QED) is 0.374. The lowest BCUT2D eigenvalue weighted by Gasteiger charge is -2.13. The zero-order chi connectivity index (χ0) is 25.3. The van der Waals surface area contributed by atoms with Crippen LogP contribution in [0, 0.1) is 0 Å². The number of halogens is 2. The maximum absolute atomic E-state index is 12.8. The summed E-state index contributed by atoms with van der Waals surface area (Å²) in [6, 6.07) is 18.7. The average molecular weight is 497 g/mol. The van der Waals surface area contributed by atoms with E-state index in [-0.39, 0.29) is 30.9 Å². The zero-order valence-corrected chi connectivity index (χ0v) is 19.3. The Labute approximate surface area is 206 Å². The van der Waals surface area contributed by atoms with Gasteiger partial charge in [0.05, 0.1) is 12.1 Å². The number of amides is 2. The number of benzene rings is 3. The molecule has 0 saturated carbocycles. The highest BCUT2D eigenvalue weighted by atomic mass is 19.3. The van der Waals surface area contributed by atoms with E-state index in [1.165, 1.54) is 12.1 Å². The number of carbonyl (C=O) groups excluding carboxylic acids is 2. The van der Waals surface area contributed by atoms with Crippen molar-refractivity contribution in [2.24, 2.45) is 0 Å². The number of hydrogen-bond acceptors (Lipinski definition) is 6. The molecular weight excluding hydrogens is 472 g/mol. The SMILES string of the molecule is O=C(CNc1ccccc1C(=O)NCc1ccc2c(c1)OCO2)NCCc1ccc(OC(F)F)cc1. The first-order valence-corrected chi connectivity index (χ1v) is 11.3. The minimum atomic E-state index is -2.87. The largest absolute Gasteiger partial charge is 0.454 e. The fraction of sp³-hybridized carbons (Fsp3) is 0.231. The molecule has 0 atom stereocenters. The van der Waals surface area contributed by atoms with Crippen molar-refractivity contribution in [3.8, 4) is 17.2 Å². The molecule has 36 heavy (non-hydrogen) atoms. The Morgan fingerprint density at radius 2 is 1.67 bits per heavy atom. The van der Waals surface area contributed by atoms with E-state index in [9.17, 15) is 18.4 Å². The third-order valence-corrected chi connectivity index (χ3v) is 5.39. The van der Waals surface area contributed by atoms with E-state index >= 15 is 0 Å². The Morgan fingerprint density at radius 1 is 0.917 bits per heavy atom. The minimum Gasteiger partial charge on any atom is -0.454 e. The van der Waals surface area contributed by atoms with Crippen LogP contribution in [0.2, 0.25) is 0 Å². The topological polar surface area (TPSA) is 97.9 Å². The van der Waals surface area contributed by atoms with E-state index < -0.39 is 6.61 Å². The molecule has 0 bridgehead atoms. The Bertz CT molecular complexity index is 1200. The zero-order valence-electron chi connectivity index (χ0n) is 19.3. The molecule has 0 fully saturated rings. The molecule has 0 aliphatic carbocycles. The standard InChI is InChI=1S/C26H25F2N3O5/c27-26(28)36-19-8-5-17(6-9-19)11-12-29-24(32)15-30-21-4-2-1-3-20(21)25(33)31-14-18-7-10-22-23(13-18)35-16-34-22/h1-10,13,26,30H,11-12,14-16H2,(H,29,32)(H,31,33). The van der Waals surface area contributed by atoms with Crippen LogP contribution in [0.3, 0.4) is 0 Å². The van der Waals surface area contributed by atoms with Gasteiger partial charge in [0.25, 0.3) is 5.91 Å². The molecular formula is C26H25F2N3O5. The van der Waals surface area contributed by atoms with Crippen LogP contribution in [0.25, 0.3) is 0 Å². The number of carbonyl (C=O) groups is 2. The number of alkyl halides is 2. The van der Waals surface area contributed by atoms with Crippen molar-refractivity contribution >= 4 is 17.5 Å². The first-order valence-electron chi connectivity index (χ1n) is 11.3. The second kappa shape index (κ2) is 11.9. The van der Waals surface area contributed by atoms with E-state index in [1.807, 2.05) is 12.1 Å². The van der Waals surface area contributed by atoms with Gasteiger partial charge in [0.2, 0.25) is 12.7 Å². The van der Waals surface area contributed by atoms with Gasteiger partial charge in [0.15, 0.2) is 11.5 Å². The van der Waals surface area contributed by atoms with Crippen LogP contribution in [-0.4, -0.2) is 38.3 Å². The van der Waals surface area contributed by atoms with Gasteiger partial charge in [-0.3, -0.25) is 9.59 Å². The Morgan fingerprint density at radius 3 is 2.47 bits per heavy atom. The second-order valence-corrected chi connectivity index (χ2v) is 7.89. The third kappa shape index (κ3) is 6.84. The fourth-order valence-corrected chi connectivity index (χ4v) is 3.59. The van der Waals surface area contributed by atoms with E-state index in [2.05, 4.69) is 20.7 Å². The van der Waals surface area contributed by atoms with Gasteiger partial charge in [0.1, 0.15) is 5.75 Å². The molecule has 3 aromatic rings. The molecule has 3 aromatic carbocycles. The second-order valence-electron chi connectivity index (χ2n) is 7.89. The van der Waals surface area contributed by atoms with Crippen molar-refractivity contribution in [3.05, 3.63) is 83.4 Å². The van der Waals surface area contributed by atoms with Crippen molar-refractivity contribution < 1.29 is 32.6 Å².